The molecule has 0 bridgehead atoms. The van der Waals surface area contributed by atoms with Gasteiger partial charge in [-0.15, -0.1) is 0 Å². The Morgan fingerprint density at radius 1 is 0.917 bits per heavy atom. The summed E-state index contributed by atoms with van der Waals surface area (Å²) in [6, 6.07) is 12.2. The number of benzene rings is 2. The standard InChI is InChI=1S/C19H19NO3S/c1-3-13-5-8-15(9-6-13)24(22,23)18-12-20-17-10-7-14(4-2)11-16(17)19(18)21/h5-12H,3-4H2,1-2H3,(H,20,21). The molecular weight excluding hydrogens is 322 g/mol. The fourth-order valence-electron chi connectivity index (χ4n) is 2.70. The Hall–Kier alpha value is -2.40. The van der Waals surface area contributed by atoms with Crippen LogP contribution in [0.4, 0.5) is 0 Å². The number of aryl methyl sites for hydroxylation is 2. The fraction of sp³-hybridized carbons (Fsp3) is 0.211. The number of pyridine rings is 1. The van der Waals surface area contributed by atoms with Gasteiger partial charge in [-0.1, -0.05) is 32.0 Å². The van der Waals surface area contributed by atoms with E-state index in [1.165, 1.54) is 6.20 Å². The predicted octanol–water partition coefficient (Wildman–Crippen LogP) is 3.49. The van der Waals surface area contributed by atoms with Crippen LogP contribution < -0.4 is 5.43 Å². The van der Waals surface area contributed by atoms with Crippen molar-refractivity contribution in [2.24, 2.45) is 0 Å². The van der Waals surface area contributed by atoms with Gasteiger partial charge in [-0.25, -0.2) is 8.42 Å². The zero-order chi connectivity index (χ0) is 17.3. The van der Waals surface area contributed by atoms with E-state index in [1.807, 2.05) is 26.0 Å². The number of aromatic nitrogens is 1. The molecule has 1 N–H and O–H groups in total. The zero-order valence-corrected chi connectivity index (χ0v) is 14.5. The smallest absolute Gasteiger partial charge is 0.211 e. The minimum Gasteiger partial charge on any atom is -0.360 e. The highest BCUT2D eigenvalue weighted by Crippen LogP contribution is 2.21. The lowest BCUT2D eigenvalue weighted by molar-refractivity contribution is 0.595. The van der Waals surface area contributed by atoms with Gasteiger partial charge in [0.2, 0.25) is 15.3 Å². The summed E-state index contributed by atoms with van der Waals surface area (Å²) in [5.41, 5.74) is 2.22. The third kappa shape index (κ3) is 2.76. The van der Waals surface area contributed by atoms with Crippen LogP contribution in [-0.4, -0.2) is 13.4 Å². The van der Waals surface area contributed by atoms with Crippen molar-refractivity contribution in [3.63, 3.8) is 0 Å². The van der Waals surface area contributed by atoms with E-state index < -0.39 is 15.3 Å². The van der Waals surface area contributed by atoms with Gasteiger partial charge in [0, 0.05) is 17.1 Å². The molecule has 24 heavy (non-hydrogen) atoms. The summed E-state index contributed by atoms with van der Waals surface area (Å²) >= 11 is 0. The molecule has 0 fully saturated rings. The van der Waals surface area contributed by atoms with Crippen LogP contribution in [0.3, 0.4) is 0 Å². The van der Waals surface area contributed by atoms with Crippen molar-refractivity contribution in [3.05, 3.63) is 70.0 Å². The Balaban J connectivity index is 2.20. The van der Waals surface area contributed by atoms with Crippen molar-refractivity contribution in [2.45, 2.75) is 36.5 Å². The van der Waals surface area contributed by atoms with Crippen LogP contribution in [0.2, 0.25) is 0 Å². The second-order valence-corrected chi connectivity index (χ2v) is 7.63. The van der Waals surface area contributed by atoms with Crippen LogP contribution in [0.25, 0.3) is 10.9 Å². The average molecular weight is 341 g/mol. The molecule has 0 saturated heterocycles. The van der Waals surface area contributed by atoms with Crippen molar-refractivity contribution in [3.8, 4) is 0 Å². The van der Waals surface area contributed by atoms with Crippen molar-refractivity contribution in [1.82, 2.24) is 4.98 Å². The molecule has 0 radical (unpaired) electrons. The van der Waals surface area contributed by atoms with Crippen LogP contribution in [-0.2, 0) is 22.7 Å². The number of sulfone groups is 1. The third-order valence-corrected chi connectivity index (χ3v) is 6.03. The van der Waals surface area contributed by atoms with Crippen LogP contribution in [0.5, 0.6) is 0 Å². The molecule has 0 amide bonds. The van der Waals surface area contributed by atoms with E-state index in [-0.39, 0.29) is 9.79 Å². The van der Waals surface area contributed by atoms with Gasteiger partial charge in [0.1, 0.15) is 4.90 Å². The molecule has 0 aliphatic heterocycles. The van der Waals surface area contributed by atoms with E-state index in [2.05, 4.69) is 4.98 Å². The third-order valence-electron chi connectivity index (χ3n) is 4.25. The average Bonchev–Trinajstić information content (AvgIpc) is 2.61. The van der Waals surface area contributed by atoms with Crippen LogP contribution in [0, 0.1) is 0 Å². The largest absolute Gasteiger partial charge is 0.360 e. The number of H-pyrrole nitrogens is 1. The molecule has 0 aliphatic rings. The maximum atomic E-state index is 12.8. The van der Waals surface area contributed by atoms with Gasteiger partial charge in [-0.3, -0.25) is 4.79 Å². The Kier molecular flexibility index (Phi) is 4.28. The van der Waals surface area contributed by atoms with Gasteiger partial charge < -0.3 is 4.98 Å². The van der Waals surface area contributed by atoms with E-state index >= 15 is 0 Å². The van der Waals surface area contributed by atoms with Crippen LogP contribution >= 0.6 is 0 Å². The van der Waals surface area contributed by atoms with Gasteiger partial charge in [0.25, 0.3) is 0 Å². The minimum absolute atomic E-state index is 0.135. The molecule has 0 atom stereocenters. The first-order chi connectivity index (χ1) is 11.5. The molecule has 0 aliphatic carbocycles. The van der Waals surface area contributed by atoms with Crippen molar-refractivity contribution >= 4 is 20.7 Å². The summed E-state index contributed by atoms with van der Waals surface area (Å²) < 4.78 is 25.7. The van der Waals surface area contributed by atoms with Crippen molar-refractivity contribution < 1.29 is 8.42 Å². The summed E-state index contributed by atoms with van der Waals surface area (Å²) in [4.78, 5) is 15.6. The molecule has 0 spiro atoms. The molecule has 0 saturated carbocycles. The first kappa shape index (κ1) is 16.5. The maximum Gasteiger partial charge on any atom is 0.211 e. The van der Waals surface area contributed by atoms with Crippen molar-refractivity contribution in [2.75, 3.05) is 0 Å². The monoisotopic (exact) mass is 341 g/mol. The van der Waals surface area contributed by atoms with E-state index in [4.69, 9.17) is 0 Å². The SMILES string of the molecule is CCc1ccc(S(=O)(=O)c2c[nH]c3ccc(CC)cc3c2=O)cc1. The van der Waals surface area contributed by atoms with Crippen LogP contribution in [0.15, 0.2) is 63.2 Å². The lowest BCUT2D eigenvalue weighted by Gasteiger charge is -2.07. The summed E-state index contributed by atoms with van der Waals surface area (Å²) in [6.45, 7) is 3.99. The van der Waals surface area contributed by atoms with Gasteiger partial charge in [-0.2, -0.15) is 0 Å². The molecular formula is C19H19NO3S. The Morgan fingerprint density at radius 3 is 2.17 bits per heavy atom. The molecule has 3 rings (SSSR count). The molecule has 5 heteroatoms. The number of aromatic amines is 1. The topological polar surface area (TPSA) is 67.0 Å². The Labute approximate surface area is 141 Å². The van der Waals surface area contributed by atoms with Gasteiger partial charge in [0.05, 0.1) is 4.90 Å². The molecule has 4 nitrogen and oxygen atoms in total. The van der Waals surface area contributed by atoms with Gasteiger partial charge >= 0.3 is 0 Å². The number of nitrogens with one attached hydrogen (secondary N) is 1. The van der Waals surface area contributed by atoms with Gasteiger partial charge in [-0.05, 0) is 48.2 Å². The highest BCUT2D eigenvalue weighted by atomic mass is 32.2. The molecule has 2 aromatic carbocycles. The Bertz CT molecular complexity index is 1050. The highest BCUT2D eigenvalue weighted by Gasteiger charge is 2.22. The van der Waals surface area contributed by atoms with Crippen molar-refractivity contribution in [1.29, 1.82) is 0 Å². The number of hydrogen-bond donors (Lipinski definition) is 1. The quantitative estimate of drug-likeness (QED) is 0.790. The van der Waals surface area contributed by atoms with E-state index in [9.17, 15) is 13.2 Å². The first-order valence-electron chi connectivity index (χ1n) is 7.95. The summed E-state index contributed by atoms with van der Waals surface area (Å²) in [7, 11) is -3.85. The number of rotatable bonds is 4. The summed E-state index contributed by atoms with van der Waals surface area (Å²) in [5, 5.41) is 0.403. The van der Waals surface area contributed by atoms with Gasteiger partial charge in [0.15, 0.2) is 0 Å². The molecule has 3 aromatic rings. The second kappa shape index (κ2) is 6.24. The fourth-order valence-corrected chi connectivity index (χ4v) is 4.01. The van der Waals surface area contributed by atoms with E-state index in [0.717, 1.165) is 24.0 Å². The lowest BCUT2D eigenvalue weighted by Crippen LogP contribution is -2.16. The Morgan fingerprint density at radius 2 is 1.54 bits per heavy atom. The number of hydrogen-bond acceptors (Lipinski definition) is 3. The first-order valence-corrected chi connectivity index (χ1v) is 9.44. The summed E-state index contributed by atoms with van der Waals surface area (Å²) in [5.74, 6) is 0. The maximum absolute atomic E-state index is 12.8. The zero-order valence-electron chi connectivity index (χ0n) is 13.7. The van der Waals surface area contributed by atoms with Crippen LogP contribution in [0.1, 0.15) is 25.0 Å². The molecule has 1 heterocycles. The lowest BCUT2D eigenvalue weighted by atomic mass is 10.1. The molecule has 1 aromatic heterocycles. The minimum atomic E-state index is -3.85. The summed E-state index contributed by atoms with van der Waals surface area (Å²) in [6.07, 6.45) is 2.90. The predicted molar refractivity (Wildman–Crippen MR) is 95.2 cm³/mol. The second-order valence-electron chi connectivity index (χ2n) is 5.72. The molecule has 0 unspecified atom stereocenters. The normalized spacial score (nSPS) is 11.8. The molecule has 124 valence electrons. The van der Waals surface area contributed by atoms with E-state index in [1.54, 1.807) is 30.3 Å². The number of fused-ring (bicyclic) bond motifs is 1. The highest BCUT2D eigenvalue weighted by molar-refractivity contribution is 7.91. The van der Waals surface area contributed by atoms with E-state index in [0.29, 0.717) is 10.9 Å².